The first-order valence-corrected chi connectivity index (χ1v) is 5.61. The lowest BCUT2D eigenvalue weighted by molar-refractivity contribution is 0.207. The van der Waals surface area contributed by atoms with Gasteiger partial charge >= 0.3 is 0 Å². The second-order valence-electron chi connectivity index (χ2n) is 4.64. The number of hydrogen-bond acceptors (Lipinski definition) is 2. The first-order chi connectivity index (χ1) is 7.49. The molecule has 0 N–H and O–H groups in total. The van der Waals surface area contributed by atoms with E-state index in [0.29, 0.717) is 6.61 Å². The largest absolute Gasteiger partial charge is 0.492 e. The number of ether oxygens (including phenoxy) is 1. The lowest BCUT2D eigenvalue weighted by atomic mass is 9.91. The zero-order valence-corrected chi connectivity index (χ0v) is 10.5. The van der Waals surface area contributed by atoms with Crippen LogP contribution in [0.3, 0.4) is 0 Å². The first kappa shape index (κ1) is 12.6. The van der Waals surface area contributed by atoms with Gasteiger partial charge < -0.3 is 4.74 Å². The van der Waals surface area contributed by atoms with Crippen LogP contribution in [0.25, 0.3) is 0 Å². The van der Waals surface area contributed by atoms with Crippen molar-refractivity contribution in [2.45, 2.75) is 34.1 Å². The highest BCUT2D eigenvalue weighted by atomic mass is 16.5. The Morgan fingerprint density at radius 1 is 1.25 bits per heavy atom. The summed E-state index contributed by atoms with van der Waals surface area (Å²) in [6, 6.07) is 8.41. The Balaban J connectivity index is 2.72. The van der Waals surface area contributed by atoms with Gasteiger partial charge in [-0.1, -0.05) is 13.0 Å². The second kappa shape index (κ2) is 5.03. The predicted molar refractivity (Wildman–Crippen MR) is 65.4 cm³/mol. The van der Waals surface area contributed by atoms with Crippen LogP contribution in [-0.2, 0) is 0 Å². The average molecular weight is 217 g/mol. The van der Waals surface area contributed by atoms with Crippen LogP contribution in [0.15, 0.2) is 18.2 Å². The van der Waals surface area contributed by atoms with Crippen LogP contribution < -0.4 is 4.74 Å². The Hall–Kier alpha value is -1.49. The monoisotopic (exact) mass is 217 g/mol. The summed E-state index contributed by atoms with van der Waals surface area (Å²) >= 11 is 0. The maximum Gasteiger partial charge on any atom is 0.119 e. The third kappa shape index (κ3) is 3.27. The zero-order chi connectivity index (χ0) is 12.2. The lowest BCUT2D eigenvalue weighted by Gasteiger charge is -2.20. The molecule has 1 aromatic rings. The predicted octanol–water partition coefficient (Wildman–Crippen LogP) is 3.62. The van der Waals surface area contributed by atoms with Gasteiger partial charge in [0.1, 0.15) is 12.4 Å². The van der Waals surface area contributed by atoms with E-state index in [1.807, 2.05) is 39.8 Å². The summed E-state index contributed by atoms with van der Waals surface area (Å²) in [4.78, 5) is 0. The number of hydrogen-bond donors (Lipinski definition) is 0. The van der Waals surface area contributed by atoms with E-state index in [2.05, 4.69) is 12.1 Å². The minimum Gasteiger partial charge on any atom is -0.492 e. The number of rotatable bonds is 4. The fourth-order valence-corrected chi connectivity index (χ4v) is 1.47. The number of benzene rings is 1. The van der Waals surface area contributed by atoms with Crippen molar-refractivity contribution in [1.82, 2.24) is 0 Å². The van der Waals surface area contributed by atoms with E-state index in [-0.39, 0.29) is 0 Å². The molecule has 16 heavy (non-hydrogen) atoms. The van der Waals surface area contributed by atoms with E-state index in [1.165, 1.54) is 11.1 Å². The highest BCUT2D eigenvalue weighted by molar-refractivity contribution is 5.33. The van der Waals surface area contributed by atoms with E-state index in [0.717, 1.165) is 12.2 Å². The van der Waals surface area contributed by atoms with E-state index in [4.69, 9.17) is 10.00 Å². The van der Waals surface area contributed by atoms with Crippen molar-refractivity contribution < 1.29 is 4.74 Å². The minimum atomic E-state index is -0.391. The van der Waals surface area contributed by atoms with Gasteiger partial charge in [0, 0.05) is 0 Å². The van der Waals surface area contributed by atoms with E-state index >= 15 is 0 Å². The normalized spacial score (nSPS) is 13.9. The molecule has 0 aliphatic carbocycles. The van der Waals surface area contributed by atoms with Crippen LogP contribution in [0.2, 0.25) is 0 Å². The van der Waals surface area contributed by atoms with Crippen LogP contribution in [0, 0.1) is 30.6 Å². The van der Waals surface area contributed by atoms with Crippen LogP contribution in [0.1, 0.15) is 31.4 Å². The van der Waals surface area contributed by atoms with Crippen molar-refractivity contribution in [1.29, 1.82) is 5.26 Å². The molecule has 0 spiro atoms. The summed E-state index contributed by atoms with van der Waals surface area (Å²) < 4.78 is 5.69. The molecule has 2 nitrogen and oxygen atoms in total. The van der Waals surface area contributed by atoms with Crippen LogP contribution in [-0.4, -0.2) is 6.61 Å². The Morgan fingerprint density at radius 3 is 2.25 bits per heavy atom. The third-order valence-electron chi connectivity index (χ3n) is 2.80. The first-order valence-electron chi connectivity index (χ1n) is 5.61. The molecule has 2 heteroatoms. The fraction of sp³-hybridized carbons (Fsp3) is 0.500. The highest BCUT2D eigenvalue weighted by Gasteiger charge is 2.22. The smallest absolute Gasteiger partial charge is 0.119 e. The van der Waals surface area contributed by atoms with Crippen molar-refractivity contribution in [3.8, 4) is 11.8 Å². The van der Waals surface area contributed by atoms with Gasteiger partial charge in [-0.3, -0.25) is 0 Å². The van der Waals surface area contributed by atoms with Crippen molar-refractivity contribution in [3.63, 3.8) is 0 Å². The van der Waals surface area contributed by atoms with Crippen molar-refractivity contribution in [2.24, 2.45) is 5.41 Å². The molecular formula is C14H19NO. The summed E-state index contributed by atoms with van der Waals surface area (Å²) in [6.45, 7) is 8.47. The summed E-state index contributed by atoms with van der Waals surface area (Å²) in [5, 5.41) is 9.04. The molecule has 0 heterocycles. The molecule has 86 valence electrons. The number of nitriles is 1. The molecule has 0 bridgehead atoms. The molecule has 0 aliphatic rings. The number of nitrogens with zero attached hydrogens (tertiary/aromatic N) is 1. The minimum absolute atomic E-state index is 0.391. The van der Waals surface area contributed by atoms with Gasteiger partial charge in [-0.25, -0.2) is 0 Å². The van der Waals surface area contributed by atoms with Gasteiger partial charge in [0.2, 0.25) is 0 Å². The number of aryl methyl sites for hydroxylation is 2. The van der Waals surface area contributed by atoms with Gasteiger partial charge in [0.25, 0.3) is 0 Å². The van der Waals surface area contributed by atoms with Crippen LogP contribution >= 0.6 is 0 Å². The SMILES string of the molecule is CC[C@](C)(C#N)COc1cc(C)cc(C)c1. The van der Waals surface area contributed by atoms with Crippen LogP contribution in [0.5, 0.6) is 5.75 Å². The summed E-state index contributed by atoms with van der Waals surface area (Å²) in [6.07, 6.45) is 0.800. The van der Waals surface area contributed by atoms with Gasteiger partial charge in [0.15, 0.2) is 0 Å². The van der Waals surface area contributed by atoms with Crippen molar-refractivity contribution in [3.05, 3.63) is 29.3 Å². The van der Waals surface area contributed by atoms with Crippen molar-refractivity contribution in [2.75, 3.05) is 6.61 Å². The molecule has 0 unspecified atom stereocenters. The summed E-state index contributed by atoms with van der Waals surface area (Å²) in [7, 11) is 0. The summed E-state index contributed by atoms with van der Waals surface area (Å²) in [5.74, 6) is 0.854. The molecule has 0 radical (unpaired) electrons. The topological polar surface area (TPSA) is 33.0 Å². The molecule has 1 atom stereocenters. The van der Waals surface area contributed by atoms with Crippen molar-refractivity contribution >= 4 is 0 Å². The quantitative estimate of drug-likeness (QED) is 0.771. The molecule has 1 aromatic carbocycles. The highest BCUT2D eigenvalue weighted by Crippen LogP contribution is 2.23. The lowest BCUT2D eigenvalue weighted by Crippen LogP contribution is -2.22. The molecule has 0 saturated carbocycles. The fourth-order valence-electron chi connectivity index (χ4n) is 1.47. The van der Waals surface area contributed by atoms with Gasteiger partial charge in [-0.15, -0.1) is 0 Å². The maximum absolute atomic E-state index is 9.04. The molecule has 0 saturated heterocycles. The molecular weight excluding hydrogens is 198 g/mol. The van der Waals surface area contributed by atoms with E-state index in [1.54, 1.807) is 0 Å². The Labute approximate surface area is 97.9 Å². The Morgan fingerprint density at radius 2 is 1.81 bits per heavy atom. The van der Waals surface area contributed by atoms with Crippen LogP contribution in [0.4, 0.5) is 0 Å². The zero-order valence-electron chi connectivity index (χ0n) is 10.5. The van der Waals surface area contributed by atoms with Gasteiger partial charge in [0.05, 0.1) is 11.5 Å². The third-order valence-corrected chi connectivity index (χ3v) is 2.80. The maximum atomic E-state index is 9.04. The Bertz CT molecular complexity index is 385. The van der Waals surface area contributed by atoms with E-state index in [9.17, 15) is 0 Å². The summed E-state index contributed by atoms with van der Waals surface area (Å²) in [5.41, 5.74) is 1.98. The standard InChI is InChI=1S/C14H19NO/c1-5-14(4,9-15)10-16-13-7-11(2)6-12(3)8-13/h6-8H,5,10H2,1-4H3/t14-/m1/s1. The van der Waals surface area contributed by atoms with E-state index < -0.39 is 5.41 Å². The van der Waals surface area contributed by atoms with Gasteiger partial charge in [-0.05, 0) is 50.5 Å². The average Bonchev–Trinajstić information content (AvgIpc) is 2.25. The second-order valence-corrected chi connectivity index (χ2v) is 4.64. The molecule has 0 aliphatic heterocycles. The molecule has 1 rings (SSSR count). The van der Waals surface area contributed by atoms with Gasteiger partial charge in [-0.2, -0.15) is 5.26 Å². The Kier molecular flexibility index (Phi) is 3.95. The molecule has 0 fully saturated rings. The molecule has 0 aromatic heterocycles. The molecule has 0 amide bonds.